The molecule has 0 radical (unpaired) electrons. The third-order valence-corrected chi connectivity index (χ3v) is 2.62. The Morgan fingerprint density at radius 1 is 1.47 bits per heavy atom. The van der Waals surface area contributed by atoms with Crippen LogP contribution in [0.25, 0.3) is 10.9 Å². The van der Waals surface area contributed by atoms with Gasteiger partial charge in [0.2, 0.25) is 0 Å². The fourth-order valence-corrected chi connectivity index (χ4v) is 1.77. The second-order valence-electron chi connectivity index (χ2n) is 3.55. The molecule has 0 fully saturated rings. The number of para-hydroxylation sites is 1. The molecule has 1 unspecified atom stereocenters. The van der Waals surface area contributed by atoms with Crippen LogP contribution >= 0.6 is 0 Å². The number of H-pyrrole nitrogens is 1. The Hall–Kier alpha value is -1.77. The number of methoxy groups -OCH3 is 1. The van der Waals surface area contributed by atoms with Gasteiger partial charge in [0.1, 0.15) is 12.0 Å². The number of aldehydes is 1. The predicted molar refractivity (Wildman–Crippen MR) is 59.3 cm³/mol. The average Bonchev–Trinajstić information content (AvgIpc) is 2.71. The summed E-state index contributed by atoms with van der Waals surface area (Å²) in [6, 6.07) is 5.81. The molecular weight excluding hydrogens is 190 g/mol. The molecular formula is C12H13NO2. The van der Waals surface area contributed by atoms with Crippen LogP contribution in [0.4, 0.5) is 0 Å². The van der Waals surface area contributed by atoms with Crippen LogP contribution in [0, 0.1) is 0 Å². The van der Waals surface area contributed by atoms with E-state index in [9.17, 15) is 4.79 Å². The van der Waals surface area contributed by atoms with E-state index in [1.54, 1.807) is 7.11 Å². The summed E-state index contributed by atoms with van der Waals surface area (Å²) >= 11 is 0. The monoisotopic (exact) mass is 203 g/mol. The summed E-state index contributed by atoms with van der Waals surface area (Å²) in [5.41, 5.74) is 1.96. The number of aromatic nitrogens is 1. The Balaban J connectivity index is 2.65. The van der Waals surface area contributed by atoms with Gasteiger partial charge in [0.05, 0.1) is 12.6 Å². The highest BCUT2D eigenvalue weighted by Crippen LogP contribution is 2.30. The number of carbonyl (C=O) groups excluding carboxylic acids is 1. The first-order valence-corrected chi connectivity index (χ1v) is 4.87. The molecule has 1 N–H and O–H groups in total. The lowest BCUT2D eigenvalue weighted by molar-refractivity contribution is -0.108. The Labute approximate surface area is 88.1 Å². The van der Waals surface area contributed by atoms with Gasteiger partial charge in [-0.25, -0.2) is 0 Å². The van der Waals surface area contributed by atoms with Crippen molar-refractivity contribution in [3.63, 3.8) is 0 Å². The van der Waals surface area contributed by atoms with Crippen molar-refractivity contribution in [1.29, 1.82) is 0 Å². The molecule has 2 rings (SSSR count). The maximum Gasteiger partial charge on any atom is 0.142 e. The number of ether oxygens (including phenoxy) is 1. The van der Waals surface area contributed by atoms with Crippen LogP contribution in [-0.2, 0) is 4.79 Å². The van der Waals surface area contributed by atoms with Crippen LogP contribution in [0.5, 0.6) is 5.75 Å². The minimum absolute atomic E-state index is 0.0918. The van der Waals surface area contributed by atoms with Crippen LogP contribution in [0.1, 0.15) is 18.4 Å². The Morgan fingerprint density at radius 2 is 2.27 bits per heavy atom. The van der Waals surface area contributed by atoms with Gasteiger partial charge in [-0.05, 0) is 11.6 Å². The Morgan fingerprint density at radius 3 is 2.93 bits per heavy atom. The number of nitrogens with one attached hydrogen (secondary N) is 1. The maximum absolute atomic E-state index is 10.8. The molecule has 0 saturated heterocycles. The number of carbonyl (C=O) groups is 1. The molecule has 2 aromatic rings. The van der Waals surface area contributed by atoms with Gasteiger partial charge in [-0.2, -0.15) is 0 Å². The van der Waals surface area contributed by atoms with E-state index in [0.717, 1.165) is 28.5 Å². The number of hydrogen-bond acceptors (Lipinski definition) is 2. The van der Waals surface area contributed by atoms with Crippen LogP contribution in [0.2, 0.25) is 0 Å². The molecule has 1 aromatic carbocycles. The third-order valence-electron chi connectivity index (χ3n) is 2.62. The summed E-state index contributed by atoms with van der Waals surface area (Å²) in [5.74, 6) is 0.711. The van der Waals surface area contributed by atoms with Crippen molar-refractivity contribution >= 4 is 17.2 Å². The lowest BCUT2D eigenvalue weighted by Gasteiger charge is -2.03. The number of benzene rings is 1. The normalized spacial score (nSPS) is 12.7. The fraction of sp³-hybridized carbons (Fsp3) is 0.250. The maximum atomic E-state index is 10.8. The largest absolute Gasteiger partial charge is 0.495 e. The quantitative estimate of drug-likeness (QED) is 0.778. The van der Waals surface area contributed by atoms with Crippen molar-refractivity contribution in [2.24, 2.45) is 0 Å². The summed E-state index contributed by atoms with van der Waals surface area (Å²) in [6.07, 6.45) is 2.81. The topological polar surface area (TPSA) is 42.1 Å². The zero-order chi connectivity index (χ0) is 10.8. The highest BCUT2D eigenvalue weighted by atomic mass is 16.5. The van der Waals surface area contributed by atoms with E-state index in [1.807, 2.05) is 31.3 Å². The average molecular weight is 203 g/mol. The number of fused-ring (bicyclic) bond motifs is 1. The smallest absolute Gasteiger partial charge is 0.142 e. The van der Waals surface area contributed by atoms with Crippen LogP contribution in [0.15, 0.2) is 24.4 Å². The molecule has 0 spiro atoms. The van der Waals surface area contributed by atoms with E-state index in [2.05, 4.69) is 4.98 Å². The minimum Gasteiger partial charge on any atom is -0.495 e. The minimum atomic E-state index is -0.0918. The van der Waals surface area contributed by atoms with Gasteiger partial charge in [-0.15, -0.1) is 0 Å². The van der Waals surface area contributed by atoms with E-state index in [1.165, 1.54) is 0 Å². The zero-order valence-electron chi connectivity index (χ0n) is 8.78. The first kappa shape index (κ1) is 9.77. The van der Waals surface area contributed by atoms with Crippen molar-refractivity contribution in [1.82, 2.24) is 4.98 Å². The molecule has 3 nitrogen and oxygen atoms in total. The molecule has 0 amide bonds. The highest BCUT2D eigenvalue weighted by molar-refractivity contribution is 5.90. The van der Waals surface area contributed by atoms with Gasteiger partial charge in [-0.3, -0.25) is 0 Å². The molecule has 0 aliphatic carbocycles. The van der Waals surface area contributed by atoms with Crippen LogP contribution in [0.3, 0.4) is 0 Å². The summed E-state index contributed by atoms with van der Waals surface area (Å²) in [6.45, 7) is 1.88. The molecule has 0 aliphatic heterocycles. The van der Waals surface area contributed by atoms with Gasteiger partial charge >= 0.3 is 0 Å². The fourth-order valence-electron chi connectivity index (χ4n) is 1.77. The lowest BCUT2D eigenvalue weighted by atomic mass is 10.0. The first-order valence-electron chi connectivity index (χ1n) is 4.87. The van der Waals surface area contributed by atoms with Crippen LogP contribution < -0.4 is 4.74 Å². The van der Waals surface area contributed by atoms with E-state index in [-0.39, 0.29) is 5.92 Å². The molecule has 1 aromatic heterocycles. The van der Waals surface area contributed by atoms with Crippen molar-refractivity contribution in [2.75, 3.05) is 7.11 Å². The van der Waals surface area contributed by atoms with Crippen molar-refractivity contribution in [3.05, 3.63) is 30.0 Å². The zero-order valence-corrected chi connectivity index (χ0v) is 8.78. The summed E-state index contributed by atoms with van der Waals surface area (Å²) < 4.78 is 5.23. The second kappa shape index (κ2) is 3.77. The van der Waals surface area contributed by atoms with E-state index < -0.39 is 0 Å². The molecule has 78 valence electrons. The summed E-state index contributed by atoms with van der Waals surface area (Å²) in [7, 11) is 1.64. The van der Waals surface area contributed by atoms with Gasteiger partial charge < -0.3 is 14.5 Å². The Kier molecular flexibility index (Phi) is 2.46. The Bertz CT molecular complexity index is 487. The van der Waals surface area contributed by atoms with Crippen LogP contribution in [-0.4, -0.2) is 18.4 Å². The molecule has 0 saturated carbocycles. The van der Waals surface area contributed by atoms with Gasteiger partial charge in [0.25, 0.3) is 0 Å². The molecule has 1 atom stereocenters. The number of hydrogen-bond donors (Lipinski definition) is 1. The van der Waals surface area contributed by atoms with E-state index in [0.29, 0.717) is 0 Å². The summed E-state index contributed by atoms with van der Waals surface area (Å²) in [5, 5.41) is 1.05. The molecule has 0 aliphatic rings. The highest BCUT2D eigenvalue weighted by Gasteiger charge is 2.12. The summed E-state index contributed by atoms with van der Waals surface area (Å²) in [4.78, 5) is 13.9. The SMILES string of the molecule is COc1cccc2c(C(C)C=O)c[nH]c12. The van der Waals surface area contributed by atoms with Crippen molar-refractivity contribution in [3.8, 4) is 5.75 Å². The van der Waals surface area contributed by atoms with Crippen molar-refractivity contribution < 1.29 is 9.53 Å². The third kappa shape index (κ3) is 1.50. The van der Waals surface area contributed by atoms with Gasteiger partial charge in [0, 0.05) is 17.5 Å². The number of aromatic amines is 1. The molecule has 0 bridgehead atoms. The molecule has 3 heteroatoms. The van der Waals surface area contributed by atoms with Gasteiger partial charge in [-0.1, -0.05) is 19.1 Å². The van der Waals surface area contributed by atoms with E-state index >= 15 is 0 Å². The van der Waals surface area contributed by atoms with E-state index in [4.69, 9.17) is 4.74 Å². The second-order valence-corrected chi connectivity index (χ2v) is 3.55. The van der Waals surface area contributed by atoms with Crippen molar-refractivity contribution in [2.45, 2.75) is 12.8 Å². The van der Waals surface area contributed by atoms with Gasteiger partial charge in [0.15, 0.2) is 0 Å². The molecule has 1 heterocycles. The predicted octanol–water partition coefficient (Wildman–Crippen LogP) is 2.48. The first-order chi connectivity index (χ1) is 7.27. The molecule has 15 heavy (non-hydrogen) atoms. The lowest BCUT2D eigenvalue weighted by Crippen LogP contribution is -1.92. The standard InChI is InChI=1S/C12H13NO2/c1-8(7-14)10-6-13-12-9(10)4-3-5-11(12)15-2/h3-8,13H,1-2H3. The number of rotatable bonds is 3.